The van der Waals surface area contributed by atoms with Crippen LogP contribution in [0, 0.1) is 0 Å². The predicted octanol–water partition coefficient (Wildman–Crippen LogP) is 1.50. The van der Waals surface area contributed by atoms with E-state index in [0.29, 0.717) is 0 Å². The summed E-state index contributed by atoms with van der Waals surface area (Å²) < 4.78 is 0. The summed E-state index contributed by atoms with van der Waals surface area (Å²) in [7, 11) is 0.0140. The van der Waals surface area contributed by atoms with Crippen molar-refractivity contribution in [3.63, 3.8) is 0 Å². The van der Waals surface area contributed by atoms with E-state index in [0.717, 1.165) is 21.9 Å². The topological polar surface area (TPSA) is 40.5 Å². The van der Waals surface area contributed by atoms with Crippen LogP contribution in [0.25, 0.3) is 0 Å². The minimum Gasteiger partial charge on any atom is -0.461 e. The molecule has 0 bridgehead atoms. The van der Waals surface area contributed by atoms with Crippen LogP contribution in [0.15, 0.2) is 83.7 Å². The molecule has 2 nitrogen and oxygen atoms in total. The minimum absolute atomic E-state index is 0.00698. The molecule has 22 heavy (non-hydrogen) atoms. The van der Waals surface area contributed by atoms with Gasteiger partial charge in [-0.15, -0.1) is 0 Å². The molecule has 0 fully saturated rings. The van der Waals surface area contributed by atoms with Crippen LogP contribution in [0.4, 0.5) is 0 Å². The fraction of sp³-hybridized carbons (Fsp3) is 0.125. The van der Waals surface area contributed by atoms with Gasteiger partial charge in [0.2, 0.25) is 28.0 Å². The monoisotopic (exact) mass is 290 g/mol. The molecule has 0 atom stereocenters. The maximum atomic E-state index is 9.93. The molecule has 0 aromatic carbocycles. The molecule has 0 aliphatic carbocycles. The zero-order chi connectivity index (χ0) is 16.5. The second-order valence-electron chi connectivity index (χ2n) is 5.10. The Labute approximate surface area is 136 Å². The molecule has 2 N–H and O–H groups in total. The summed E-state index contributed by atoms with van der Waals surface area (Å²) in [5.74, 6) is 0. The van der Waals surface area contributed by atoms with Crippen molar-refractivity contribution in [2.45, 2.75) is 13.8 Å². The maximum Gasteiger partial charge on any atom is 0.246 e. The van der Waals surface area contributed by atoms with E-state index >= 15 is 0 Å². The Bertz CT molecular complexity index is 521. The first-order chi connectivity index (χ1) is 10.7. The first kappa shape index (κ1) is 18.4. The van der Waals surface area contributed by atoms with Gasteiger partial charge in [0.15, 0.2) is 0 Å². The number of allylic oxidation sites excluding steroid dienone is 12. The fourth-order valence-corrected chi connectivity index (χ4v) is 3.00. The van der Waals surface area contributed by atoms with Gasteiger partial charge in [0.25, 0.3) is 0 Å². The van der Waals surface area contributed by atoms with E-state index in [-0.39, 0.29) is 28.0 Å². The summed E-state index contributed by atoms with van der Waals surface area (Å²) in [4.78, 5) is 0. The molecule has 6 heteroatoms. The van der Waals surface area contributed by atoms with Crippen molar-refractivity contribution in [2.75, 3.05) is 0 Å². The highest BCUT2D eigenvalue weighted by atomic mass is 16.2. The zero-order valence-corrected chi connectivity index (χ0v) is 13.5. The van der Waals surface area contributed by atoms with Crippen molar-refractivity contribution in [1.29, 1.82) is 0 Å². The van der Waals surface area contributed by atoms with Gasteiger partial charge < -0.3 is 10.0 Å². The molecule has 1 heterocycles. The highest BCUT2D eigenvalue weighted by Crippen LogP contribution is 2.33. The molecule has 1 rings (SSSR count). The molecule has 0 spiro atoms. The van der Waals surface area contributed by atoms with E-state index in [4.69, 9.17) is 0 Å². The van der Waals surface area contributed by atoms with Crippen molar-refractivity contribution in [3.05, 3.63) is 83.7 Å². The first-order valence-corrected chi connectivity index (χ1v) is 7.56. The SMILES string of the molecule is C=C/C=C1/B(BO)C(/C=C\C)=C(/C=C\C)B(BO)/C1=C/C=C. The lowest BCUT2D eigenvalue weighted by Gasteiger charge is -2.32. The largest absolute Gasteiger partial charge is 0.461 e. The van der Waals surface area contributed by atoms with Crippen molar-refractivity contribution in [3.8, 4) is 0 Å². The van der Waals surface area contributed by atoms with Crippen LogP contribution in [-0.2, 0) is 0 Å². The normalized spacial score (nSPS) is 19.6. The van der Waals surface area contributed by atoms with Gasteiger partial charge in [-0.25, -0.2) is 0 Å². The van der Waals surface area contributed by atoms with Crippen LogP contribution in [0.5, 0.6) is 0 Å². The number of hydrogen-bond acceptors (Lipinski definition) is 2. The Hall–Kier alpha value is -1.64. The lowest BCUT2D eigenvalue weighted by molar-refractivity contribution is 0.618. The summed E-state index contributed by atoms with van der Waals surface area (Å²) in [6, 6.07) is 0. The van der Waals surface area contributed by atoms with Gasteiger partial charge in [0.1, 0.15) is 0 Å². The van der Waals surface area contributed by atoms with Crippen molar-refractivity contribution >= 4 is 28.0 Å². The van der Waals surface area contributed by atoms with Crippen molar-refractivity contribution in [1.82, 2.24) is 0 Å². The Balaban J connectivity index is 3.74. The van der Waals surface area contributed by atoms with Gasteiger partial charge in [0.05, 0.1) is 0 Å². The first-order valence-electron chi connectivity index (χ1n) is 7.56. The number of hydrogen-bond donors (Lipinski definition) is 2. The summed E-state index contributed by atoms with van der Waals surface area (Å²) >= 11 is 0. The van der Waals surface area contributed by atoms with E-state index in [1.807, 2.05) is 50.3 Å². The van der Waals surface area contributed by atoms with Gasteiger partial charge in [-0.2, -0.15) is 0 Å². The average Bonchev–Trinajstić information content (AvgIpc) is 2.52. The second-order valence-corrected chi connectivity index (χ2v) is 5.10. The molecule has 0 unspecified atom stereocenters. The average molecular weight is 290 g/mol. The Morgan fingerprint density at radius 1 is 0.818 bits per heavy atom. The molecule has 110 valence electrons. The lowest BCUT2D eigenvalue weighted by Crippen LogP contribution is -2.43. The second kappa shape index (κ2) is 9.39. The van der Waals surface area contributed by atoms with Gasteiger partial charge >= 0.3 is 0 Å². The van der Waals surface area contributed by atoms with E-state index < -0.39 is 0 Å². The van der Waals surface area contributed by atoms with Crippen LogP contribution in [0.1, 0.15) is 13.8 Å². The zero-order valence-electron chi connectivity index (χ0n) is 13.5. The fourth-order valence-electron chi connectivity index (χ4n) is 3.00. The molecule has 0 saturated heterocycles. The molecule has 1 aliphatic rings. The number of rotatable bonds is 6. The van der Waals surface area contributed by atoms with Crippen LogP contribution in [-0.4, -0.2) is 38.0 Å². The predicted molar refractivity (Wildman–Crippen MR) is 103 cm³/mol. The van der Waals surface area contributed by atoms with E-state index in [2.05, 4.69) is 13.2 Å². The summed E-state index contributed by atoms with van der Waals surface area (Å²) in [6.45, 7) is 11.2. The van der Waals surface area contributed by atoms with Gasteiger partial charge in [0, 0.05) is 0 Å². The van der Waals surface area contributed by atoms with Crippen molar-refractivity contribution in [2.24, 2.45) is 0 Å². The molecule has 0 aromatic rings. The highest BCUT2D eigenvalue weighted by molar-refractivity contribution is 7.26. The summed E-state index contributed by atoms with van der Waals surface area (Å²) in [5.41, 5.74) is 4.04. The van der Waals surface area contributed by atoms with E-state index in [1.54, 1.807) is 12.2 Å². The molecule has 0 radical (unpaired) electrons. The molecular formula is C16H22B4O2. The van der Waals surface area contributed by atoms with Crippen LogP contribution in [0.3, 0.4) is 0 Å². The summed E-state index contributed by atoms with van der Waals surface area (Å²) in [5, 5.41) is 19.9. The minimum atomic E-state index is -0.130. The molecule has 0 amide bonds. The van der Waals surface area contributed by atoms with Gasteiger partial charge in [-0.05, 0) is 13.8 Å². The maximum absolute atomic E-state index is 9.93. The lowest BCUT2D eigenvalue weighted by atomic mass is 9.08. The third kappa shape index (κ3) is 3.76. The smallest absolute Gasteiger partial charge is 0.246 e. The highest BCUT2D eigenvalue weighted by Gasteiger charge is 2.38. The third-order valence-corrected chi connectivity index (χ3v) is 3.82. The van der Waals surface area contributed by atoms with Crippen molar-refractivity contribution < 1.29 is 10.0 Å². The van der Waals surface area contributed by atoms with Gasteiger partial charge in [-0.3, -0.25) is 0 Å². The molecule has 0 aromatic heterocycles. The third-order valence-electron chi connectivity index (χ3n) is 3.82. The molecular weight excluding hydrogens is 267 g/mol. The van der Waals surface area contributed by atoms with Gasteiger partial charge in [-0.1, -0.05) is 83.7 Å². The molecule has 0 saturated carbocycles. The Morgan fingerprint density at radius 2 is 1.18 bits per heavy atom. The summed E-state index contributed by atoms with van der Waals surface area (Å²) in [6.07, 6.45) is 15.2. The van der Waals surface area contributed by atoms with Crippen LogP contribution >= 0.6 is 0 Å². The van der Waals surface area contributed by atoms with E-state index in [9.17, 15) is 10.0 Å². The van der Waals surface area contributed by atoms with Crippen LogP contribution < -0.4 is 0 Å². The quantitative estimate of drug-likeness (QED) is 0.728. The van der Waals surface area contributed by atoms with E-state index in [1.165, 1.54) is 0 Å². The molecule has 1 aliphatic heterocycles. The Kier molecular flexibility index (Phi) is 7.86. The van der Waals surface area contributed by atoms with Crippen LogP contribution in [0.2, 0.25) is 0 Å². The standard InChI is InChI=1S/C16H22B4O2/c1-5-9-13-14(10-6-2)20(18-22)16(12-8-4)15(11-7-3)19(13)17-21/h5-12,17-18,21-22H,1-2H2,3-4H3/b11-7-,12-8-,13-9+,14-10+. The Morgan fingerprint density at radius 3 is 1.41 bits per heavy atom.